The standard InChI is InChI=1S/C21H22ClN3O2S/c1-26-17-10-8-15(9-11-17)20-23-24-21(25(20)13-18-6-4-12-27-18)28-14-16-5-2-3-7-19(16)22/h2-3,5,7-11,18H,4,6,12-14H2,1H3. The average molecular weight is 416 g/mol. The molecule has 0 aliphatic carbocycles. The third-order valence-corrected chi connectivity index (χ3v) is 6.17. The molecule has 5 nitrogen and oxygen atoms in total. The van der Waals surface area contributed by atoms with Crippen LogP contribution in [0.1, 0.15) is 18.4 Å². The Kier molecular flexibility index (Phi) is 6.20. The molecule has 1 fully saturated rings. The van der Waals surface area contributed by atoms with Gasteiger partial charge >= 0.3 is 0 Å². The third kappa shape index (κ3) is 4.35. The number of benzene rings is 2. The summed E-state index contributed by atoms with van der Waals surface area (Å²) in [6.45, 7) is 1.58. The Labute approximate surface area is 174 Å². The zero-order chi connectivity index (χ0) is 19.3. The fourth-order valence-corrected chi connectivity index (χ4v) is 4.50. The molecule has 146 valence electrons. The lowest BCUT2D eigenvalue weighted by molar-refractivity contribution is 0.0953. The number of thioether (sulfide) groups is 1. The van der Waals surface area contributed by atoms with Crippen molar-refractivity contribution in [3.63, 3.8) is 0 Å². The van der Waals surface area contributed by atoms with Crippen molar-refractivity contribution in [1.82, 2.24) is 14.8 Å². The second-order valence-electron chi connectivity index (χ2n) is 6.66. The lowest BCUT2D eigenvalue weighted by Gasteiger charge is -2.15. The van der Waals surface area contributed by atoms with E-state index in [-0.39, 0.29) is 6.10 Å². The van der Waals surface area contributed by atoms with Crippen LogP contribution in [0.4, 0.5) is 0 Å². The lowest BCUT2D eigenvalue weighted by atomic mass is 10.2. The first kappa shape index (κ1) is 19.3. The van der Waals surface area contributed by atoms with Gasteiger partial charge in [0.15, 0.2) is 11.0 Å². The summed E-state index contributed by atoms with van der Waals surface area (Å²) in [4.78, 5) is 0. The van der Waals surface area contributed by atoms with Crippen molar-refractivity contribution in [2.75, 3.05) is 13.7 Å². The van der Waals surface area contributed by atoms with Crippen LogP contribution in [0.25, 0.3) is 11.4 Å². The first-order valence-corrected chi connectivity index (χ1v) is 10.7. The van der Waals surface area contributed by atoms with Crippen LogP contribution in [0, 0.1) is 0 Å². The highest BCUT2D eigenvalue weighted by Gasteiger charge is 2.22. The maximum Gasteiger partial charge on any atom is 0.191 e. The molecule has 4 rings (SSSR count). The zero-order valence-electron chi connectivity index (χ0n) is 15.7. The topological polar surface area (TPSA) is 49.2 Å². The number of nitrogens with zero attached hydrogens (tertiary/aromatic N) is 3. The minimum absolute atomic E-state index is 0.202. The highest BCUT2D eigenvalue weighted by molar-refractivity contribution is 7.98. The van der Waals surface area contributed by atoms with Gasteiger partial charge in [-0.05, 0) is 48.7 Å². The molecule has 1 aliphatic heterocycles. The molecular formula is C21H22ClN3O2S. The highest BCUT2D eigenvalue weighted by atomic mass is 35.5. The Bertz CT molecular complexity index is 924. The van der Waals surface area contributed by atoms with Crippen molar-refractivity contribution < 1.29 is 9.47 Å². The summed E-state index contributed by atoms with van der Waals surface area (Å²) in [6, 6.07) is 15.8. The summed E-state index contributed by atoms with van der Waals surface area (Å²) >= 11 is 7.95. The molecule has 0 radical (unpaired) electrons. The Morgan fingerprint density at radius 3 is 2.71 bits per heavy atom. The summed E-state index contributed by atoms with van der Waals surface area (Å²) in [6.07, 6.45) is 2.37. The summed E-state index contributed by atoms with van der Waals surface area (Å²) in [5, 5.41) is 10.6. The molecule has 1 aromatic heterocycles. The van der Waals surface area contributed by atoms with Gasteiger partial charge in [0.1, 0.15) is 5.75 Å². The lowest BCUT2D eigenvalue weighted by Crippen LogP contribution is -2.16. The van der Waals surface area contributed by atoms with Gasteiger partial charge in [0.2, 0.25) is 0 Å². The number of hydrogen-bond donors (Lipinski definition) is 0. The number of ether oxygens (including phenoxy) is 2. The fraction of sp³-hybridized carbons (Fsp3) is 0.333. The molecule has 0 amide bonds. The molecular weight excluding hydrogens is 394 g/mol. The van der Waals surface area contributed by atoms with E-state index in [0.29, 0.717) is 0 Å². The predicted molar refractivity (Wildman–Crippen MR) is 112 cm³/mol. The van der Waals surface area contributed by atoms with Crippen LogP contribution in [0.2, 0.25) is 5.02 Å². The van der Waals surface area contributed by atoms with E-state index in [0.717, 1.165) is 64.6 Å². The van der Waals surface area contributed by atoms with Gasteiger partial charge in [-0.25, -0.2) is 0 Å². The molecule has 1 atom stereocenters. The van der Waals surface area contributed by atoms with Crippen LogP contribution in [-0.4, -0.2) is 34.6 Å². The van der Waals surface area contributed by atoms with E-state index in [4.69, 9.17) is 21.1 Å². The van der Waals surface area contributed by atoms with Gasteiger partial charge in [-0.15, -0.1) is 10.2 Å². The van der Waals surface area contributed by atoms with Crippen LogP contribution in [-0.2, 0) is 17.0 Å². The number of halogens is 1. The maximum atomic E-state index is 6.31. The molecule has 0 saturated carbocycles. The molecule has 1 unspecified atom stereocenters. The molecule has 0 spiro atoms. The van der Waals surface area contributed by atoms with Crippen molar-refractivity contribution >= 4 is 23.4 Å². The first-order valence-electron chi connectivity index (χ1n) is 9.30. The van der Waals surface area contributed by atoms with Gasteiger partial charge in [0, 0.05) is 22.9 Å². The number of hydrogen-bond acceptors (Lipinski definition) is 5. The summed E-state index contributed by atoms with van der Waals surface area (Å²) < 4.78 is 13.3. The van der Waals surface area contributed by atoms with Crippen molar-refractivity contribution in [2.45, 2.75) is 36.4 Å². The van der Waals surface area contributed by atoms with Crippen molar-refractivity contribution in [1.29, 1.82) is 0 Å². The van der Waals surface area contributed by atoms with Gasteiger partial charge in [0.05, 0.1) is 19.8 Å². The smallest absolute Gasteiger partial charge is 0.191 e. The van der Waals surface area contributed by atoms with Gasteiger partial charge in [-0.2, -0.15) is 0 Å². The molecule has 3 aromatic rings. The van der Waals surface area contributed by atoms with E-state index in [2.05, 4.69) is 14.8 Å². The second kappa shape index (κ2) is 8.99. The normalized spacial score (nSPS) is 16.4. The molecule has 1 aliphatic rings. The van der Waals surface area contributed by atoms with Crippen LogP contribution >= 0.6 is 23.4 Å². The predicted octanol–water partition coefficient (Wildman–Crippen LogP) is 5.08. The van der Waals surface area contributed by atoms with Gasteiger partial charge in [-0.1, -0.05) is 41.6 Å². The fourth-order valence-electron chi connectivity index (χ4n) is 3.26. The summed E-state index contributed by atoms with van der Waals surface area (Å²) in [5.41, 5.74) is 2.10. The monoisotopic (exact) mass is 415 g/mol. The van der Waals surface area contributed by atoms with Crippen LogP contribution in [0.3, 0.4) is 0 Å². The molecule has 2 aromatic carbocycles. The van der Waals surface area contributed by atoms with E-state index in [1.165, 1.54) is 0 Å². The van der Waals surface area contributed by atoms with Crippen LogP contribution < -0.4 is 4.74 Å². The highest BCUT2D eigenvalue weighted by Crippen LogP contribution is 2.30. The van der Waals surface area contributed by atoms with Crippen molar-refractivity contribution in [2.24, 2.45) is 0 Å². The average Bonchev–Trinajstić information content (AvgIpc) is 3.38. The Morgan fingerprint density at radius 2 is 2.00 bits per heavy atom. The zero-order valence-corrected chi connectivity index (χ0v) is 17.2. The minimum atomic E-state index is 0.202. The summed E-state index contributed by atoms with van der Waals surface area (Å²) in [7, 11) is 1.67. The quantitative estimate of drug-likeness (QED) is 0.504. The Hall–Kier alpha value is -2.02. The Morgan fingerprint density at radius 1 is 1.18 bits per heavy atom. The molecule has 1 saturated heterocycles. The van der Waals surface area contributed by atoms with Crippen molar-refractivity contribution in [3.05, 3.63) is 59.1 Å². The summed E-state index contributed by atoms with van der Waals surface area (Å²) in [5.74, 6) is 2.41. The molecule has 28 heavy (non-hydrogen) atoms. The minimum Gasteiger partial charge on any atom is -0.497 e. The largest absolute Gasteiger partial charge is 0.497 e. The molecule has 0 bridgehead atoms. The Balaban J connectivity index is 1.61. The van der Waals surface area contributed by atoms with Gasteiger partial charge in [-0.3, -0.25) is 4.57 Å². The maximum absolute atomic E-state index is 6.31. The number of rotatable bonds is 7. The van der Waals surface area contributed by atoms with Gasteiger partial charge < -0.3 is 9.47 Å². The van der Waals surface area contributed by atoms with Crippen molar-refractivity contribution in [3.8, 4) is 17.1 Å². The van der Waals surface area contributed by atoms with E-state index >= 15 is 0 Å². The number of methoxy groups -OCH3 is 1. The van der Waals surface area contributed by atoms with E-state index in [9.17, 15) is 0 Å². The third-order valence-electron chi connectivity index (χ3n) is 4.79. The SMILES string of the molecule is COc1ccc(-c2nnc(SCc3ccccc3Cl)n2CC2CCCO2)cc1. The van der Waals surface area contributed by atoms with Crippen LogP contribution in [0.15, 0.2) is 53.7 Å². The molecule has 0 N–H and O–H groups in total. The van der Waals surface area contributed by atoms with Gasteiger partial charge in [0.25, 0.3) is 0 Å². The second-order valence-corrected chi connectivity index (χ2v) is 8.01. The first-order chi connectivity index (χ1) is 13.7. The van der Waals surface area contributed by atoms with E-state index in [1.807, 2.05) is 48.5 Å². The van der Waals surface area contributed by atoms with E-state index < -0.39 is 0 Å². The molecule has 7 heteroatoms. The van der Waals surface area contributed by atoms with Crippen LogP contribution in [0.5, 0.6) is 5.75 Å². The van der Waals surface area contributed by atoms with E-state index in [1.54, 1.807) is 18.9 Å². The molecule has 2 heterocycles. The number of aromatic nitrogens is 3.